The molecule has 1 nitrogen and oxygen atoms in total. The Morgan fingerprint density at radius 1 is 1.24 bits per heavy atom. The molecule has 90 valence electrons. The van der Waals surface area contributed by atoms with Crippen molar-refractivity contribution in [3.05, 3.63) is 58.0 Å². The third kappa shape index (κ3) is 3.38. The van der Waals surface area contributed by atoms with Crippen LogP contribution in [0, 0.1) is 5.82 Å². The van der Waals surface area contributed by atoms with Crippen molar-refractivity contribution in [3.63, 3.8) is 0 Å². The second-order valence-corrected chi connectivity index (χ2v) is 4.92. The van der Waals surface area contributed by atoms with Crippen molar-refractivity contribution in [3.8, 4) is 0 Å². The minimum atomic E-state index is -0.174. The molecule has 0 bridgehead atoms. The zero-order valence-corrected chi connectivity index (χ0v) is 10.6. The van der Waals surface area contributed by atoms with Gasteiger partial charge in [0.15, 0.2) is 0 Å². The summed E-state index contributed by atoms with van der Waals surface area (Å²) < 4.78 is 12.9. The molecule has 2 aromatic rings. The van der Waals surface area contributed by atoms with Gasteiger partial charge in [-0.05, 0) is 53.6 Å². The zero-order valence-electron chi connectivity index (χ0n) is 9.82. The lowest BCUT2D eigenvalue weighted by Gasteiger charge is -2.16. The SMILES string of the molecule is CNCC(Cc1ccsc1)c1ccc(F)cc1. The van der Waals surface area contributed by atoms with Crippen LogP contribution >= 0.6 is 11.3 Å². The molecule has 0 radical (unpaired) electrons. The lowest BCUT2D eigenvalue weighted by atomic mass is 9.93. The summed E-state index contributed by atoms with van der Waals surface area (Å²) in [6.07, 6.45) is 0.996. The van der Waals surface area contributed by atoms with Crippen LogP contribution in [0.5, 0.6) is 0 Å². The smallest absolute Gasteiger partial charge is 0.123 e. The summed E-state index contributed by atoms with van der Waals surface area (Å²) in [5.74, 6) is 0.225. The predicted molar refractivity (Wildman–Crippen MR) is 71.1 cm³/mol. The Bertz CT molecular complexity index is 436. The maximum Gasteiger partial charge on any atom is 0.123 e. The fraction of sp³-hybridized carbons (Fsp3) is 0.286. The Hall–Kier alpha value is -1.19. The molecule has 1 aromatic carbocycles. The number of benzene rings is 1. The van der Waals surface area contributed by atoms with Crippen LogP contribution in [0.1, 0.15) is 17.0 Å². The zero-order chi connectivity index (χ0) is 12.1. The summed E-state index contributed by atoms with van der Waals surface area (Å²) in [6, 6.07) is 8.97. The fourth-order valence-electron chi connectivity index (χ4n) is 1.98. The van der Waals surface area contributed by atoms with Crippen LogP contribution in [0.2, 0.25) is 0 Å². The molecule has 17 heavy (non-hydrogen) atoms. The Morgan fingerprint density at radius 2 is 2.00 bits per heavy atom. The highest BCUT2D eigenvalue weighted by Gasteiger charge is 2.11. The molecule has 3 heteroatoms. The minimum absolute atomic E-state index is 0.174. The van der Waals surface area contributed by atoms with E-state index in [0.29, 0.717) is 5.92 Å². The summed E-state index contributed by atoms with van der Waals surface area (Å²) >= 11 is 1.72. The van der Waals surface area contributed by atoms with Crippen molar-refractivity contribution in [2.45, 2.75) is 12.3 Å². The van der Waals surface area contributed by atoms with E-state index in [9.17, 15) is 4.39 Å². The average Bonchev–Trinajstić information content (AvgIpc) is 2.82. The third-order valence-electron chi connectivity index (χ3n) is 2.85. The van der Waals surface area contributed by atoms with Crippen LogP contribution in [-0.2, 0) is 6.42 Å². The van der Waals surface area contributed by atoms with Crippen LogP contribution in [0.15, 0.2) is 41.1 Å². The Labute approximate surface area is 105 Å². The standard InChI is InChI=1S/C14H16FNS/c1-16-9-13(8-11-6-7-17-10-11)12-2-4-14(15)5-3-12/h2-7,10,13,16H,8-9H2,1H3. The van der Waals surface area contributed by atoms with E-state index in [4.69, 9.17) is 0 Å². The maximum atomic E-state index is 12.9. The largest absolute Gasteiger partial charge is 0.319 e. The van der Waals surface area contributed by atoms with Gasteiger partial charge in [0.1, 0.15) is 5.82 Å². The molecular formula is C14H16FNS. The Balaban J connectivity index is 2.13. The molecule has 0 fully saturated rings. The molecule has 1 atom stereocenters. The van der Waals surface area contributed by atoms with Crippen LogP contribution in [-0.4, -0.2) is 13.6 Å². The molecule has 0 saturated carbocycles. The molecule has 2 rings (SSSR count). The van der Waals surface area contributed by atoms with E-state index in [-0.39, 0.29) is 5.82 Å². The van der Waals surface area contributed by atoms with Crippen LogP contribution in [0.4, 0.5) is 4.39 Å². The summed E-state index contributed by atoms with van der Waals surface area (Å²) in [5.41, 5.74) is 2.53. The number of likely N-dealkylation sites (N-methyl/N-ethyl adjacent to an activating group) is 1. The van der Waals surface area contributed by atoms with Crippen LogP contribution in [0.3, 0.4) is 0 Å². The third-order valence-corrected chi connectivity index (χ3v) is 3.59. The first kappa shape index (κ1) is 12.3. The fourth-order valence-corrected chi connectivity index (χ4v) is 2.66. The summed E-state index contributed by atoms with van der Waals surface area (Å²) in [5, 5.41) is 7.47. The van der Waals surface area contributed by atoms with Gasteiger partial charge in [0.25, 0.3) is 0 Å². The number of hydrogen-bond donors (Lipinski definition) is 1. The lowest BCUT2D eigenvalue weighted by molar-refractivity contribution is 0.611. The second-order valence-electron chi connectivity index (χ2n) is 4.14. The number of hydrogen-bond acceptors (Lipinski definition) is 2. The van der Waals surface area contributed by atoms with E-state index in [2.05, 4.69) is 22.1 Å². The molecule has 0 amide bonds. The minimum Gasteiger partial charge on any atom is -0.319 e. The second kappa shape index (κ2) is 5.94. The number of halogens is 1. The average molecular weight is 249 g/mol. The van der Waals surface area contributed by atoms with Gasteiger partial charge in [-0.25, -0.2) is 4.39 Å². The monoisotopic (exact) mass is 249 g/mol. The Morgan fingerprint density at radius 3 is 2.59 bits per heavy atom. The summed E-state index contributed by atoms with van der Waals surface area (Å²) in [6.45, 7) is 0.904. The molecule has 1 N–H and O–H groups in total. The highest BCUT2D eigenvalue weighted by atomic mass is 32.1. The normalized spacial score (nSPS) is 12.6. The van der Waals surface area contributed by atoms with Gasteiger partial charge >= 0.3 is 0 Å². The first-order valence-electron chi connectivity index (χ1n) is 5.70. The first-order valence-corrected chi connectivity index (χ1v) is 6.65. The predicted octanol–water partition coefficient (Wildman–Crippen LogP) is 3.43. The van der Waals surface area contributed by atoms with Gasteiger partial charge in [-0.3, -0.25) is 0 Å². The van der Waals surface area contributed by atoms with Crippen molar-refractivity contribution >= 4 is 11.3 Å². The van der Waals surface area contributed by atoms with Gasteiger partial charge in [-0.2, -0.15) is 11.3 Å². The van der Waals surface area contributed by atoms with Gasteiger partial charge in [0.05, 0.1) is 0 Å². The highest BCUT2D eigenvalue weighted by molar-refractivity contribution is 7.07. The van der Waals surface area contributed by atoms with Crippen LogP contribution < -0.4 is 5.32 Å². The van der Waals surface area contributed by atoms with Crippen molar-refractivity contribution in [1.82, 2.24) is 5.32 Å². The molecule has 0 spiro atoms. The molecule has 0 aliphatic rings. The molecule has 0 aliphatic carbocycles. The van der Waals surface area contributed by atoms with Crippen molar-refractivity contribution in [2.75, 3.05) is 13.6 Å². The van der Waals surface area contributed by atoms with Crippen LogP contribution in [0.25, 0.3) is 0 Å². The van der Waals surface area contributed by atoms with E-state index >= 15 is 0 Å². The molecule has 1 unspecified atom stereocenters. The molecule has 1 heterocycles. The van der Waals surface area contributed by atoms with E-state index in [1.165, 1.54) is 23.3 Å². The van der Waals surface area contributed by atoms with Gasteiger partial charge in [-0.1, -0.05) is 12.1 Å². The van der Waals surface area contributed by atoms with Crippen molar-refractivity contribution < 1.29 is 4.39 Å². The molecule has 0 saturated heterocycles. The topological polar surface area (TPSA) is 12.0 Å². The first-order chi connectivity index (χ1) is 8.29. The Kier molecular flexibility index (Phi) is 4.29. The lowest BCUT2D eigenvalue weighted by Crippen LogP contribution is -2.19. The van der Waals surface area contributed by atoms with Gasteiger partial charge in [-0.15, -0.1) is 0 Å². The van der Waals surface area contributed by atoms with E-state index < -0.39 is 0 Å². The van der Waals surface area contributed by atoms with Crippen molar-refractivity contribution in [1.29, 1.82) is 0 Å². The van der Waals surface area contributed by atoms with Gasteiger partial charge in [0.2, 0.25) is 0 Å². The maximum absolute atomic E-state index is 12.9. The van der Waals surface area contributed by atoms with Gasteiger partial charge in [0, 0.05) is 12.5 Å². The summed E-state index contributed by atoms with van der Waals surface area (Å²) in [4.78, 5) is 0. The quantitative estimate of drug-likeness (QED) is 0.856. The molecule has 0 aliphatic heterocycles. The van der Waals surface area contributed by atoms with E-state index in [1.54, 1.807) is 11.3 Å². The van der Waals surface area contributed by atoms with Gasteiger partial charge < -0.3 is 5.32 Å². The summed E-state index contributed by atoms with van der Waals surface area (Å²) in [7, 11) is 1.95. The number of rotatable bonds is 5. The molecule has 1 aromatic heterocycles. The van der Waals surface area contributed by atoms with E-state index in [0.717, 1.165) is 13.0 Å². The number of thiophene rings is 1. The number of nitrogens with one attached hydrogen (secondary N) is 1. The van der Waals surface area contributed by atoms with Crippen molar-refractivity contribution in [2.24, 2.45) is 0 Å². The highest BCUT2D eigenvalue weighted by Crippen LogP contribution is 2.22. The molecular weight excluding hydrogens is 233 g/mol. The van der Waals surface area contributed by atoms with E-state index in [1.807, 2.05) is 19.2 Å².